The number of carbonyl (C=O) groups excluding carboxylic acids is 4. The molecule has 5 atom stereocenters. The smallest absolute Gasteiger partial charge is 0.462 e. The third-order valence-corrected chi connectivity index (χ3v) is 19.2. The van der Waals surface area contributed by atoms with Crippen LogP contribution in [0.15, 0.2) is 48.6 Å². The molecule has 574 valence electrons. The highest BCUT2D eigenvalue weighted by Gasteiger charge is 2.30. The minimum Gasteiger partial charge on any atom is -0.462 e. The monoisotopic (exact) mass is 1430 g/mol. The number of aliphatic hydroxyl groups excluding tert-OH is 1. The molecular formula is C79H146O17P2. The van der Waals surface area contributed by atoms with Crippen LogP contribution in [0.25, 0.3) is 0 Å². The maximum absolute atomic E-state index is 13.1. The van der Waals surface area contributed by atoms with E-state index in [-0.39, 0.29) is 25.7 Å². The average molecular weight is 1430 g/mol. The number of rotatable bonds is 76. The summed E-state index contributed by atoms with van der Waals surface area (Å²) in [6.45, 7) is 4.88. The Balaban J connectivity index is 5.32. The predicted molar refractivity (Wildman–Crippen MR) is 400 cm³/mol. The van der Waals surface area contributed by atoms with Gasteiger partial charge in [0.05, 0.1) is 26.4 Å². The number of allylic oxidation sites excluding steroid dienone is 8. The van der Waals surface area contributed by atoms with Gasteiger partial charge in [0, 0.05) is 25.7 Å². The Hall–Kier alpha value is -2.98. The molecule has 0 rings (SSSR count). The molecule has 0 aromatic heterocycles. The molecule has 0 aromatic rings. The molecule has 0 spiro atoms. The summed E-state index contributed by atoms with van der Waals surface area (Å²) in [5, 5.41) is 10.6. The Labute approximate surface area is 597 Å². The molecule has 98 heavy (non-hydrogen) atoms. The summed E-state index contributed by atoms with van der Waals surface area (Å²) in [5.41, 5.74) is 0. The van der Waals surface area contributed by atoms with Crippen LogP contribution in [0.3, 0.4) is 0 Å². The van der Waals surface area contributed by atoms with Crippen molar-refractivity contribution in [1.82, 2.24) is 0 Å². The van der Waals surface area contributed by atoms with Crippen LogP contribution in [0.4, 0.5) is 0 Å². The average Bonchev–Trinajstić information content (AvgIpc) is 0.959. The van der Waals surface area contributed by atoms with Gasteiger partial charge in [-0.15, -0.1) is 0 Å². The second kappa shape index (κ2) is 72.4. The van der Waals surface area contributed by atoms with Crippen molar-refractivity contribution in [2.75, 3.05) is 39.6 Å². The summed E-state index contributed by atoms with van der Waals surface area (Å²) in [6.07, 6.45) is 69.4. The molecule has 17 nitrogen and oxygen atoms in total. The molecule has 0 aromatic carbocycles. The number of esters is 4. The van der Waals surface area contributed by atoms with Gasteiger partial charge in [-0.3, -0.25) is 37.3 Å². The molecule has 0 amide bonds. The minimum absolute atomic E-state index is 0.0993. The molecule has 0 saturated heterocycles. The van der Waals surface area contributed by atoms with Crippen LogP contribution in [0.5, 0.6) is 0 Å². The van der Waals surface area contributed by atoms with Gasteiger partial charge in [-0.05, 0) is 89.9 Å². The Morgan fingerprint density at radius 3 is 0.776 bits per heavy atom. The number of aliphatic hydroxyl groups is 1. The molecule has 0 aliphatic carbocycles. The van der Waals surface area contributed by atoms with Crippen LogP contribution in [-0.4, -0.2) is 96.7 Å². The van der Waals surface area contributed by atoms with Gasteiger partial charge in [0.1, 0.15) is 19.3 Å². The van der Waals surface area contributed by atoms with E-state index in [0.29, 0.717) is 25.7 Å². The Morgan fingerprint density at radius 1 is 0.286 bits per heavy atom. The van der Waals surface area contributed by atoms with Crippen molar-refractivity contribution in [3.63, 3.8) is 0 Å². The minimum atomic E-state index is -4.97. The number of phosphoric acid groups is 2. The molecule has 0 heterocycles. The molecule has 5 unspecified atom stereocenters. The van der Waals surface area contributed by atoms with Gasteiger partial charge in [-0.1, -0.05) is 307 Å². The van der Waals surface area contributed by atoms with E-state index in [9.17, 15) is 43.2 Å². The van der Waals surface area contributed by atoms with Gasteiger partial charge >= 0.3 is 39.5 Å². The fourth-order valence-corrected chi connectivity index (χ4v) is 12.7. The van der Waals surface area contributed by atoms with Crippen molar-refractivity contribution >= 4 is 39.5 Å². The largest absolute Gasteiger partial charge is 0.472 e. The lowest BCUT2D eigenvalue weighted by atomic mass is 10.0. The van der Waals surface area contributed by atoms with Crippen molar-refractivity contribution in [2.24, 2.45) is 0 Å². The predicted octanol–water partition coefficient (Wildman–Crippen LogP) is 22.9. The van der Waals surface area contributed by atoms with Crippen LogP contribution in [0.2, 0.25) is 0 Å². The summed E-state index contributed by atoms with van der Waals surface area (Å²) >= 11 is 0. The third-order valence-electron chi connectivity index (χ3n) is 17.3. The van der Waals surface area contributed by atoms with Gasteiger partial charge in [-0.2, -0.15) is 0 Å². The van der Waals surface area contributed by atoms with Gasteiger partial charge in [-0.25, -0.2) is 9.13 Å². The number of ether oxygens (including phenoxy) is 4. The second-order valence-electron chi connectivity index (χ2n) is 27.0. The van der Waals surface area contributed by atoms with E-state index >= 15 is 0 Å². The van der Waals surface area contributed by atoms with E-state index in [1.165, 1.54) is 154 Å². The second-order valence-corrected chi connectivity index (χ2v) is 29.9. The molecular weight excluding hydrogens is 1280 g/mol. The molecule has 0 saturated carbocycles. The van der Waals surface area contributed by atoms with E-state index in [0.717, 1.165) is 141 Å². The lowest BCUT2D eigenvalue weighted by molar-refractivity contribution is -0.161. The maximum Gasteiger partial charge on any atom is 0.472 e. The zero-order valence-electron chi connectivity index (χ0n) is 62.7. The highest BCUT2D eigenvalue weighted by Crippen LogP contribution is 2.45. The molecule has 19 heteroatoms. The summed E-state index contributed by atoms with van der Waals surface area (Å²) in [4.78, 5) is 72.9. The normalized spacial score (nSPS) is 14.2. The zero-order valence-corrected chi connectivity index (χ0v) is 64.5. The van der Waals surface area contributed by atoms with E-state index in [1.807, 2.05) is 0 Å². The van der Waals surface area contributed by atoms with E-state index in [2.05, 4.69) is 76.3 Å². The summed E-state index contributed by atoms with van der Waals surface area (Å²) in [6, 6.07) is 0. The van der Waals surface area contributed by atoms with E-state index in [1.54, 1.807) is 0 Å². The van der Waals surface area contributed by atoms with Crippen LogP contribution in [0, 0.1) is 0 Å². The first-order valence-corrected chi connectivity index (χ1v) is 42.9. The molecule has 0 bridgehead atoms. The number of hydrogen-bond donors (Lipinski definition) is 3. The number of phosphoric ester groups is 2. The first kappa shape index (κ1) is 95.0. The molecule has 3 N–H and O–H groups in total. The number of hydrogen-bond acceptors (Lipinski definition) is 15. The SMILES string of the molecule is CCCCC/C=C\C/C=C\CCCCCCCC(=O)OCC(COP(=O)(O)OCC(O)COP(=O)(O)OCC(COC(=O)CCCCCCC/C=C\C/C=C\CCCCC)OC(=O)CCCCCCCCCCCCCCCCC)OC(=O)CCCCCCCCCCCCCCC. The lowest BCUT2D eigenvalue weighted by Gasteiger charge is -2.21. The molecule has 0 aliphatic rings. The van der Waals surface area contributed by atoms with Crippen molar-refractivity contribution in [2.45, 2.75) is 393 Å². The quantitative estimate of drug-likeness (QED) is 0.0169. The van der Waals surface area contributed by atoms with E-state index in [4.69, 9.17) is 37.0 Å². The van der Waals surface area contributed by atoms with Crippen molar-refractivity contribution in [3.8, 4) is 0 Å². The van der Waals surface area contributed by atoms with Crippen LogP contribution in [-0.2, 0) is 65.4 Å². The van der Waals surface area contributed by atoms with Crippen LogP contribution in [0.1, 0.15) is 374 Å². The molecule has 0 radical (unpaired) electrons. The topological polar surface area (TPSA) is 237 Å². The number of carbonyl (C=O) groups is 4. The van der Waals surface area contributed by atoms with Gasteiger partial charge in [0.15, 0.2) is 12.2 Å². The fourth-order valence-electron chi connectivity index (χ4n) is 11.2. The maximum atomic E-state index is 13.1. The Kier molecular flexibility index (Phi) is 70.2. The highest BCUT2D eigenvalue weighted by atomic mass is 31.2. The van der Waals surface area contributed by atoms with Crippen LogP contribution < -0.4 is 0 Å². The highest BCUT2D eigenvalue weighted by molar-refractivity contribution is 7.47. The van der Waals surface area contributed by atoms with E-state index < -0.39 is 97.5 Å². The van der Waals surface area contributed by atoms with Gasteiger partial charge < -0.3 is 33.8 Å². The first-order valence-electron chi connectivity index (χ1n) is 39.9. The van der Waals surface area contributed by atoms with Gasteiger partial charge in [0.25, 0.3) is 0 Å². The standard InChI is InChI=1S/C79H146O17P2/c1-5-9-13-17-21-25-29-33-36-40-43-47-51-55-59-63-76(81)89-69-74(95-78(83)65-61-57-53-49-45-39-32-28-24-20-16-12-8-4)71-93-97(85,86)91-67-73(80)68-92-98(87,88)94-72-75(96-79(84)66-62-58-54-50-46-42-38-35-31-27-23-19-15-11-7-3)70-90-77(82)64-60-56-52-48-44-41-37-34-30-26-22-18-14-10-6-2/h21-22,25-26,33-34,36-37,73-75,80H,5-20,23-24,27-32,35,38-72H2,1-4H3,(H,85,86)(H,87,88)/b25-21-,26-22-,36-33-,37-34-. The van der Waals surface area contributed by atoms with Crippen molar-refractivity contribution < 1.29 is 80.2 Å². The Bertz CT molecular complexity index is 2050. The summed E-state index contributed by atoms with van der Waals surface area (Å²) in [5.74, 6) is -2.16. The van der Waals surface area contributed by atoms with Crippen molar-refractivity contribution in [1.29, 1.82) is 0 Å². The fraction of sp³-hybridized carbons (Fsp3) is 0.848. The van der Waals surface area contributed by atoms with Crippen molar-refractivity contribution in [3.05, 3.63) is 48.6 Å². The Morgan fingerprint density at radius 2 is 0.500 bits per heavy atom. The number of unbranched alkanes of at least 4 members (excludes halogenated alkanes) is 42. The zero-order chi connectivity index (χ0) is 71.8. The van der Waals surface area contributed by atoms with Crippen LogP contribution >= 0.6 is 15.6 Å². The lowest BCUT2D eigenvalue weighted by Crippen LogP contribution is -2.30. The van der Waals surface area contributed by atoms with Gasteiger partial charge in [0.2, 0.25) is 0 Å². The molecule has 0 aliphatic heterocycles. The molecule has 0 fully saturated rings. The first-order chi connectivity index (χ1) is 47.7. The summed E-state index contributed by atoms with van der Waals surface area (Å²) < 4.78 is 68.6. The third kappa shape index (κ3) is 71.4. The summed E-state index contributed by atoms with van der Waals surface area (Å²) in [7, 11) is -9.94.